The molecule has 0 radical (unpaired) electrons. The highest BCUT2D eigenvalue weighted by molar-refractivity contribution is 6.33. The maximum atomic E-state index is 11.8. The Hall–Kier alpha value is -1.75. The molecule has 1 amide bonds. The summed E-state index contributed by atoms with van der Waals surface area (Å²) in [7, 11) is 0. The second-order valence-electron chi connectivity index (χ2n) is 6.37. The zero-order chi connectivity index (χ0) is 16.3. The molecule has 1 N–H and O–H groups in total. The Labute approximate surface area is 135 Å². The molecule has 1 aliphatic rings. The van der Waals surface area contributed by atoms with Gasteiger partial charge in [-0.2, -0.15) is 0 Å². The summed E-state index contributed by atoms with van der Waals surface area (Å²) in [6.07, 6.45) is 1.16. The molecule has 0 spiro atoms. The molecule has 1 heterocycles. The third kappa shape index (κ3) is 4.13. The minimum absolute atomic E-state index is 0.0226. The molecule has 120 valence electrons. The number of alkyl carbamates (subject to hydrolysis) is 1. The molecule has 1 aromatic carbocycles. The number of anilines is 1. The van der Waals surface area contributed by atoms with Crippen LogP contribution in [-0.4, -0.2) is 37.1 Å². The fourth-order valence-corrected chi connectivity index (χ4v) is 2.82. The molecule has 1 saturated heterocycles. The van der Waals surface area contributed by atoms with Crippen molar-refractivity contribution in [3.8, 4) is 0 Å². The smallest absolute Gasteiger partial charge is 0.407 e. The van der Waals surface area contributed by atoms with E-state index in [1.54, 1.807) is 18.2 Å². The monoisotopic (exact) mass is 324 g/mol. The number of nitrogens with one attached hydrogen (secondary N) is 1. The molecular weight excluding hydrogens is 304 g/mol. The van der Waals surface area contributed by atoms with E-state index >= 15 is 0 Å². The summed E-state index contributed by atoms with van der Waals surface area (Å²) < 4.78 is 5.26. The number of hydrogen-bond acceptors (Lipinski definition) is 4. The molecule has 0 bridgehead atoms. The molecule has 0 aromatic heterocycles. The molecule has 5 nitrogen and oxygen atoms in total. The number of halogens is 1. The summed E-state index contributed by atoms with van der Waals surface area (Å²) in [6, 6.07) is 5.23. The number of benzene rings is 1. The quantitative estimate of drug-likeness (QED) is 0.867. The summed E-state index contributed by atoms with van der Waals surface area (Å²) in [5.74, 6) is 0. The molecule has 1 fully saturated rings. The second kappa shape index (κ2) is 6.57. The van der Waals surface area contributed by atoms with Gasteiger partial charge < -0.3 is 15.0 Å². The van der Waals surface area contributed by atoms with E-state index in [2.05, 4.69) is 5.32 Å². The highest BCUT2D eigenvalue weighted by Gasteiger charge is 2.28. The molecule has 1 aromatic rings. The first kappa shape index (κ1) is 16.6. The summed E-state index contributed by atoms with van der Waals surface area (Å²) in [5, 5.41) is 3.40. The van der Waals surface area contributed by atoms with Crippen molar-refractivity contribution in [2.75, 3.05) is 18.0 Å². The van der Waals surface area contributed by atoms with Crippen LogP contribution in [0.15, 0.2) is 18.2 Å². The Balaban J connectivity index is 2.02. The number of rotatable bonds is 3. The fraction of sp³-hybridized carbons (Fsp3) is 0.500. The van der Waals surface area contributed by atoms with E-state index in [1.165, 1.54) is 0 Å². The van der Waals surface area contributed by atoms with E-state index in [1.807, 2.05) is 25.7 Å². The van der Waals surface area contributed by atoms with Gasteiger partial charge >= 0.3 is 6.09 Å². The number of amides is 1. The molecule has 1 aliphatic heterocycles. The molecular formula is C16H21ClN2O3. The number of hydrogen-bond donors (Lipinski definition) is 1. The van der Waals surface area contributed by atoms with Gasteiger partial charge in [-0.25, -0.2) is 4.79 Å². The molecule has 0 aliphatic carbocycles. The third-order valence-corrected chi connectivity index (χ3v) is 3.68. The predicted octanol–water partition coefficient (Wildman–Crippen LogP) is 3.26. The van der Waals surface area contributed by atoms with Crippen LogP contribution in [0.5, 0.6) is 0 Å². The summed E-state index contributed by atoms with van der Waals surface area (Å²) in [4.78, 5) is 25.0. The lowest BCUT2D eigenvalue weighted by Gasteiger charge is -2.23. The summed E-state index contributed by atoms with van der Waals surface area (Å²) in [5.41, 5.74) is 0.772. The molecule has 22 heavy (non-hydrogen) atoms. The topological polar surface area (TPSA) is 58.6 Å². The molecule has 6 heteroatoms. The zero-order valence-electron chi connectivity index (χ0n) is 13.1. The minimum Gasteiger partial charge on any atom is -0.444 e. The Morgan fingerprint density at radius 2 is 2.18 bits per heavy atom. The van der Waals surface area contributed by atoms with Crippen LogP contribution < -0.4 is 10.2 Å². The van der Waals surface area contributed by atoms with Crippen molar-refractivity contribution in [2.45, 2.75) is 38.8 Å². The first-order valence-electron chi connectivity index (χ1n) is 7.28. The number of carbonyl (C=O) groups is 2. The standard InChI is InChI=1S/C16H21ClN2O3/c1-16(2,3)22-15(21)18-12-7-8-19(9-12)14-11(10-20)5-4-6-13(14)17/h4-6,10,12H,7-9H2,1-3H3,(H,18,21)/t12-/m1/s1. The lowest BCUT2D eigenvalue weighted by Crippen LogP contribution is -2.40. The number of carbonyl (C=O) groups excluding carboxylic acids is 2. The maximum absolute atomic E-state index is 11.8. The van der Waals surface area contributed by atoms with Crippen molar-refractivity contribution in [1.82, 2.24) is 5.32 Å². The highest BCUT2D eigenvalue weighted by Crippen LogP contribution is 2.31. The van der Waals surface area contributed by atoms with Gasteiger partial charge in [0.25, 0.3) is 0 Å². The predicted molar refractivity (Wildman–Crippen MR) is 86.8 cm³/mol. The minimum atomic E-state index is -0.518. The Kier molecular flexibility index (Phi) is 4.96. The lowest BCUT2D eigenvalue weighted by molar-refractivity contribution is 0.0509. The van der Waals surface area contributed by atoms with Gasteiger partial charge in [0.2, 0.25) is 0 Å². The second-order valence-corrected chi connectivity index (χ2v) is 6.78. The van der Waals surface area contributed by atoms with Gasteiger partial charge in [-0.05, 0) is 39.3 Å². The van der Waals surface area contributed by atoms with E-state index in [9.17, 15) is 9.59 Å². The van der Waals surface area contributed by atoms with Crippen LogP contribution >= 0.6 is 11.6 Å². The van der Waals surface area contributed by atoms with Crippen molar-refractivity contribution in [1.29, 1.82) is 0 Å². The maximum Gasteiger partial charge on any atom is 0.407 e. The number of ether oxygens (including phenoxy) is 1. The molecule has 0 saturated carbocycles. The normalized spacial score (nSPS) is 18.2. The van der Waals surface area contributed by atoms with Crippen LogP contribution in [0.1, 0.15) is 37.6 Å². The van der Waals surface area contributed by atoms with Gasteiger partial charge in [0, 0.05) is 18.7 Å². The van der Waals surface area contributed by atoms with E-state index in [0.29, 0.717) is 17.1 Å². The first-order chi connectivity index (χ1) is 10.3. The van der Waals surface area contributed by atoms with Gasteiger partial charge in [-0.1, -0.05) is 17.7 Å². The number of aldehydes is 1. The number of nitrogens with zero attached hydrogens (tertiary/aromatic N) is 1. The van der Waals surface area contributed by atoms with Gasteiger partial charge in [0.05, 0.1) is 16.8 Å². The zero-order valence-corrected chi connectivity index (χ0v) is 13.8. The van der Waals surface area contributed by atoms with E-state index in [0.717, 1.165) is 24.9 Å². The molecule has 2 rings (SSSR count). The van der Waals surface area contributed by atoms with Crippen molar-refractivity contribution in [2.24, 2.45) is 0 Å². The van der Waals surface area contributed by atoms with Gasteiger partial charge in [0.15, 0.2) is 6.29 Å². The Morgan fingerprint density at radius 3 is 2.82 bits per heavy atom. The van der Waals surface area contributed by atoms with Crippen LogP contribution in [0.3, 0.4) is 0 Å². The van der Waals surface area contributed by atoms with Crippen molar-refractivity contribution >= 4 is 29.7 Å². The molecule has 1 atom stereocenters. The first-order valence-corrected chi connectivity index (χ1v) is 7.66. The van der Waals surface area contributed by atoms with Crippen molar-refractivity contribution < 1.29 is 14.3 Å². The van der Waals surface area contributed by atoms with Crippen LogP contribution in [-0.2, 0) is 4.74 Å². The van der Waals surface area contributed by atoms with E-state index in [4.69, 9.17) is 16.3 Å². The fourth-order valence-electron chi connectivity index (χ4n) is 2.52. The number of para-hydroxylation sites is 1. The van der Waals surface area contributed by atoms with Gasteiger partial charge in [-0.15, -0.1) is 0 Å². The van der Waals surface area contributed by atoms with E-state index in [-0.39, 0.29) is 6.04 Å². The van der Waals surface area contributed by atoms with Crippen LogP contribution in [0.4, 0.5) is 10.5 Å². The van der Waals surface area contributed by atoms with E-state index < -0.39 is 11.7 Å². The lowest BCUT2D eigenvalue weighted by atomic mass is 10.2. The van der Waals surface area contributed by atoms with Gasteiger partial charge in [0.1, 0.15) is 5.60 Å². The Bertz CT molecular complexity index is 569. The van der Waals surface area contributed by atoms with Gasteiger partial charge in [-0.3, -0.25) is 4.79 Å². The largest absolute Gasteiger partial charge is 0.444 e. The highest BCUT2D eigenvalue weighted by atomic mass is 35.5. The average Bonchev–Trinajstić information content (AvgIpc) is 2.83. The summed E-state index contributed by atoms with van der Waals surface area (Å²) >= 11 is 6.22. The van der Waals surface area contributed by atoms with Crippen molar-refractivity contribution in [3.63, 3.8) is 0 Å². The van der Waals surface area contributed by atoms with Crippen LogP contribution in [0.2, 0.25) is 5.02 Å². The van der Waals surface area contributed by atoms with Crippen LogP contribution in [0.25, 0.3) is 0 Å². The molecule has 0 unspecified atom stereocenters. The SMILES string of the molecule is CC(C)(C)OC(=O)N[C@@H]1CCN(c2c(Cl)cccc2C=O)C1. The van der Waals surface area contributed by atoms with Crippen LogP contribution in [0, 0.1) is 0 Å². The average molecular weight is 325 g/mol. The summed E-state index contributed by atoms with van der Waals surface area (Å²) in [6.45, 7) is 6.81. The Morgan fingerprint density at radius 1 is 1.45 bits per heavy atom. The van der Waals surface area contributed by atoms with Crippen molar-refractivity contribution in [3.05, 3.63) is 28.8 Å². The third-order valence-electron chi connectivity index (χ3n) is 3.37.